The van der Waals surface area contributed by atoms with Crippen LogP contribution in [0.1, 0.15) is 37.7 Å². The molecule has 0 radical (unpaired) electrons. The zero-order chi connectivity index (χ0) is 18.1. The number of rotatable bonds is 5. The van der Waals surface area contributed by atoms with Crippen LogP contribution in [-0.4, -0.2) is 25.5 Å². The van der Waals surface area contributed by atoms with Crippen molar-refractivity contribution in [3.63, 3.8) is 0 Å². The standard InChI is InChI=1S/C18H22ClN5O/c1-11(2)24-13(4)18(12(3)22-24)21-17(25)8-9-23-16-7-5-6-15(19)14(16)10-20-23/h5-7,10-11H,8-9H2,1-4H3,(H,21,25). The Hall–Kier alpha value is -2.34. The first-order valence-electron chi connectivity index (χ1n) is 8.34. The fourth-order valence-electron chi connectivity index (χ4n) is 3.00. The van der Waals surface area contributed by atoms with Gasteiger partial charge < -0.3 is 5.32 Å². The van der Waals surface area contributed by atoms with Gasteiger partial charge >= 0.3 is 0 Å². The van der Waals surface area contributed by atoms with E-state index in [0.29, 0.717) is 18.0 Å². The Morgan fingerprint density at radius 2 is 2.08 bits per heavy atom. The van der Waals surface area contributed by atoms with Gasteiger partial charge in [-0.2, -0.15) is 10.2 Å². The molecule has 0 saturated carbocycles. The first kappa shape index (κ1) is 17.5. The van der Waals surface area contributed by atoms with Crippen molar-refractivity contribution in [2.24, 2.45) is 0 Å². The highest BCUT2D eigenvalue weighted by molar-refractivity contribution is 6.35. The largest absolute Gasteiger partial charge is 0.323 e. The molecule has 7 heteroatoms. The lowest BCUT2D eigenvalue weighted by Crippen LogP contribution is -2.16. The van der Waals surface area contributed by atoms with E-state index in [1.165, 1.54) is 0 Å². The average molecular weight is 360 g/mol. The zero-order valence-corrected chi connectivity index (χ0v) is 15.6. The van der Waals surface area contributed by atoms with Gasteiger partial charge in [0.05, 0.1) is 40.4 Å². The summed E-state index contributed by atoms with van der Waals surface area (Å²) in [5, 5.41) is 13.4. The lowest BCUT2D eigenvalue weighted by Gasteiger charge is -2.09. The number of hydrogen-bond acceptors (Lipinski definition) is 3. The summed E-state index contributed by atoms with van der Waals surface area (Å²) in [5.41, 5.74) is 3.53. The summed E-state index contributed by atoms with van der Waals surface area (Å²) >= 11 is 6.16. The van der Waals surface area contributed by atoms with Crippen LogP contribution >= 0.6 is 11.6 Å². The van der Waals surface area contributed by atoms with Gasteiger partial charge in [-0.25, -0.2) is 0 Å². The van der Waals surface area contributed by atoms with E-state index in [9.17, 15) is 4.79 Å². The van der Waals surface area contributed by atoms with Gasteiger partial charge in [-0.1, -0.05) is 17.7 Å². The maximum absolute atomic E-state index is 12.4. The highest BCUT2D eigenvalue weighted by Crippen LogP contribution is 2.24. The van der Waals surface area contributed by atoms with Crippen molar-refractivity contribution in [1.29, 1.82) is 0 Å². The number of carbonyl (C=O) groups is 1. The van der Waals surface area contributed by atoms with E-state index in [4.69, 9.17) is 11.6 Å². The molecule has 0 aliphatic rings. The summed E-state index contributed by atoms with van der Waals surface area (Å²) in [7, 11) is 0. The molecule has 0 atom stereocenters. The quantitative estimate of drug-likeness (QED) is 0.745. The van der Waals surface area contributed by atoms with Gasteiger partial charge in [0.2, 0.25) is 5.91 Å². The minimum absolute atomic E-state index is 0.0554. The third-order valence-electron chi connectivity index (χ3n) is 4.26. The molecule has 0 unspecified atom stereocenters. The van der Waals surface area contributed by atoms with Gasteiger partial charge in [-0.15, -0.1) is 0 Å². The molecule has 0 bridgehead atoms. The van der Waals surface area contributed by atoms with Gasteiger partial charge in [0, 0.05) is 17.8 Å². The molecule has 2 aromatic heterocycles. The highest BCUT2D eigenvalue weighted by atomic mass is 35.5. The van der Waals surface area contributed by atoms with Gasteiger partial charge in [0.1, 0.15) is 0 Å². The van der Waals surface area contributed by atoms with Crippen molar-refractivity contribution >= 4 is 34.1 Å². The number of carbonyl (C=O) groups excluding carboxylic acids is 1. The van der Waals surface area contributed by atoms with Crippen LogP contribution in [0.4, 0.5) is 5.69 Å². The second-order valence-electron chi connectivity index (χ2n) is 6.42. The molecule has 0 spiro atoms. The minimum Gasteiger partial charge on any atom is -0.323 e. The van der Waals surface area contributed by atoms with Gasteiger partial charge in [0.25, 0.3) is 0 Å². The third-order valence-corrected chi connectivity index (χ3v) is 4.59. The minimum atomic E-state index is -0.0554. The number of aryl methyl sites for hydroxylation is 2. The highest BCUT2D eigenvalue weighted by Gasteiger charge is 2.16. The summed E-state index contributed by atoms with van der Waals surface area (Å²) in [5.74, 6) is -0.0554. The Morgan fingerprint density at radius 1 is 1.32 bits per heavy atom. The van der Waals surface area contributed by atoms with Crippen molar-refractivity contribution in [3.05, 3.63) is 40.8 Å². The molecule has 0 aliphatic carbocycles. The number of hydrogen-bond donors (Lipinski definition) is 1. The number of aromatic nitrogens is 4. The van der Waals surface area contributed by atoms with E-state index in [1.54, 1.807) is 10.9 Å². The van der Waals surface area contributed by atoms with Crippen molar-refractivity contribution in [1.82, 2.24) is 19.6 Å². The molecule has 0 saturated heterocycles. The first-order valence-corrected chi connectivity index (χ1v) is 8.72. The van der Waals surface area contributed by atoms with Crippen LogP contribution in [0.5, 0.6) is 0 Å². The average Bonchev–Trinajstić information content (AvgIpc) is 3.10. The van der Waals surface area contributed by atoms with E-state index < -0.39 is 0 Å². The molecule has 1 amide bonds. The third kappa shape index (κ3) is 3.39. The summed E-state index contributed by atoms with van der Waals surface area (Å²) in [6.07, 6.45) is 2.06. The summed E-state index contributed by atoms with van der Waals surface area (Å²) in [4.78, 5) is 12.4. The maximum atomic E-state index is 12.4. The summed E-state index contributed by atoms with van der Waals surface area (Å²) < 4.78 is 3.73. The second-order valence-corrected chi connectivity index (χ2v) is 6.83. The molecule has 0 fully saturated rings. The first-order chi connectivity index (χ1) is 11.9. The summed E-state index contributed by atoms with van der Waals surface area (Å²) in [6.45, 7) is 8.51. The number of benzene rings is 1. The number of halogens is 1. The number of nitrogens with one attached hydrogen (secondary N) is 1. The van der Waals surface area contributed by atoms with E-state index in [0.717, 1.165) is 28.0 Å². The smallest absolute Gasteiger partial charge is 0.226 e. The van der Waals surface area contributed by atoms with Crippen LogP contribution in [0.2, 0.25) is 5.02 Å². The molecule has 1 aromatic carbocycles. The van der Waals surface area contributed by atoms with Crippen LogP contribution in [-0.2, 0) is 11.3 Å². The van der Waals surface area contributed by atoms with Gasteiger partial charge in [0.15, 0.2) is 0 Å². The predicted molar refractivity (Wildman–Crippen MR) is 100 cm³/mol. The Bertz CT molecular complexity index is 925. The van der Waals surface area contributed by atoms with Crippen LogP contribution in [0.15, 0.2) is 24.4 Å². The lowest BCUT2D eigenvalue weighted by molar-refractivity contribution is -0.116. The monoisotopic (exact) mass is 359 g/mol. The molecular weight excluding hydrogens is 338 g/mol. The van der Waals surface area contributed by atoms with E-state index in [-0.39, 0.29) is 11.9 Å². The van der Waals surface area contributed by atoms with E-state index in [2.05, 4.69) is 29.4 Å². The van der Waals surface area contributed by atoms with Crippen LogP contribution in [0.25, 0.3) is 10.9 Å². The van der Waals surface area contributed by atoms with Crippen molar-refractivity contribution < 1.29 is 4.79 Å². The van der Waals surface area contributed by atoms with Crippen molar-refractivity contribution in [2.45, 2.75) is 46.7 Å². The van der Waals surface area contributed by atoms with Crippen LogP contribution < -0.4 is 5.32 Å². The second kappa shape index (κ2) is 6.88. The summed E-state index contributed by atoms with van der Waals surface area (Å²) in [6, 6.07) is 5.92. The Labute approximate surface area is 151 Å². The number of anilines is 1. The van der Waals surface area contributed by atoms with Gasteiger partial charge in [-0.3, -0.25) is 14.2 Å². The zero-order valence-electron chi connectivity index (χ0n) is 14.9. The normalized spacial score (nSPS) is 11.4. The predicted octanol–water partition coefficient (Wildman–Crippen LogP) is 4.11. The molecular formula is C18H22ClN5O. The Balaban J connectivity index is 1.70. The molecule has 25 heavy (non-hydrogen) atoms. The SMILES string of the molecule is Cc1nn(C(C)C)c(C)c1NC(=O)CCn1ncc2c(Cl)cccc21. The molecule has 0 aliphatic heterocycles. The fraction of sp³-hybridized carbons (Fsp3) is 0.389. The number of nitrogens with zero attached hydrogens (tertiary/aromatic N) is 4. The van der Waals surface area contributed by atoms with E-state index in [1.807, 2.05) is 36.7 Å². The van der Waals surface area contributed by atoms with E-state index >= 15 is 0 Å². The fourth-order valence-corrected chi connectivity index (χ4v) is 3.22. The maximum Gasteiger partial charge on any atom is 0.226 e. The molecule has 3 aromatic rings. The van der Waals surface area contributed by atoms with Gasteiger partial charge in [-0.05, 0) is 39.8 Å². The van der Waals surface area contributed by atoms with Crippen LogP contribution in [0, 0.1) is 13.8 Å². The molecule has 2 heterocycles. The number of fused-ring (bicyclic) bond motifs is 1. The molecule has 1 N–H and O–H groups in total. The van der Waals surface area contributed by atoms with Crippen molar-refractivity contribution in [2.75, 3.05) is 5.32 Å². The van der Waals surface area contributed by atoms with Crippen LogP contribution in [0.3, 0.4) is 0 Å². The number of amides is 1. The molecule has 132 valence electrons. The Morgan fingerprint density at radius 3 is 2.76 bits per heavy atom. The lowest BCUT2D eigenvalue weighted by atomic mass is 10.2. The Kier molecular flexibility index (Phi) is 4.81. The molecule has 6 nitrogen and oxygen atoms in total. The molecule has 3 rings (SSSR count). The van der Waals surface area contributed by atoms with Crippen molar-refractivity contribution in [3.8, 4) is 0 Å². The topological polar surface area (TPSA) is 64.7 Å².